The van der Waals surface area contributed by atoms with Crippen LogP contribution in [0, 0.1) is 17.5 Å². The Kier molecular flexibility index (Phi) is 5.35. The third kappa shape index (κ3) is 3.80. The monoisotopic (exact) mass is 340 g/mol. The maximum absolute atomic E-state index is 13.7. The number of esters is 1. The first-order chi connectivity index (χ1) is 11.4. The first-order valence-electron chi connectivity index (χ1n) is 6.67. The van der Waals surface area contributed by atoms with Crippen molar-refractivity contribution in [1.29, 1.82) is 0 Å². The third-order valence-electron chi connectivity index (χ3n) is 2.80. The Labute approximate surface area is 133 Å². The lowest BCUT2D eigenvalue weighted by Gasteiger charge is -2.08. The molecule has 0 aliphatic carbocycles. The molecule has 0 spiro atoms. The van der Waals surface area contributed by atoms with Gasteiger partial charge in [0.2, 0.25) is 5.78 Å². The highest BCUT2D eigenvalue weighted by Crippen LogP contribution is 2.18. The number of hydrogen-bond acceptors (Lipinski definition) is 6. The van der Waals surface area contributed by atoms with Crippen molar-refractivity contribution in [2.45, 2.75) is 6.92 Å². The molecule has 0 bridgehead atoms. The summed E-state index contributed by atoms with van der Waals surface area (Å²) in [5.41, 5.74) is -1.43. The first kappa shape index (κ1) is 17.3. The van der Waals surface area contributed by atoms with Crippen LogP contribution in [0.25, 0.3) is 0 Å². The Hall–Kier alpha value is -3.10. The molecular weight excluding hydrogens is 329 g/mol. The predicted molar refractivity (Wildman–Crippen MR) is 75.5 cm³/mol. The van der Waals surface area contributed by atoms with Gasteiger partial charge < -0.3 is 14.6 Å². The average molecular weight is 340 g/mol. The molecule has 0 amide bonds. The highest BCUT2D eigenvalue weighted by molar-refractivity contribution is 6.24. The molecule has 0 aliphatic rings. The van der Waals surface area contributed by atoms with E-state index in [1.807, 2.05) is 0 Å². The summed E-state index contributed by atoms with van der Waals surface area (Å²) in [6, 6.07) is 1.98. The normalized spacial score (nSPS) is 11.2. The van der Waals surface area contributed by atoms with Crippen molar-refractivity contribution in [2.24, 2.45) is 0 Å². The van der Waals surface area contributed by atoms with Crippen LogP contribution in [-0.2, 0) is 9.53 Å². The zero-order valence-electron chi connectivity index (χ0n) is 12.3. The first-order valence-corrected chi connectivity index (χ1v) is 6.67. The molecule has 0 fully saturated rings. The van der Waals surface area contributed by atoms with Crippen molar-refractivity contribution in [3.8, 4) is 0 Å². The van der Waals surface area contributed by atoms with Gasteiger partial charge in [-0.15, -0.1) is 0 Å². The van der Waals surface area contributed by atoms with E-state index in [1.54, 1.807) is 0 Å². The molecule has 126 valence electrons. The van der Waals surface area contributed by atoms with Gasteiger partial charge in [-0.2, -0.15) is 0 Å². The lowest BCUT2D eigenvalue weighted by Crippen LogP contribution is -2.19. The summed E-state index contributed by atoms with van der Waals surface area (Å²) in [4.78, 5) is 24.2. The van der Waals surface area contributed by atoms with Gasteiger partial charge in [-0.1, -0.05) is 5.16 Å². The number of hydrogen-bond donors (Lipinski definition) is 1. The van der Waals surface area contributed by atoms with Crippen LogP contribution in [0.4, 0.5) is 19.0 Å². The topological polar surface area (TPSA) is 81.4 Å². The average Bonchev–Trinajstić information content (AvgIpc) is 3.04. The smallest absolute Gasteiger partial charge is 0.343 e. The molecule has 6 nitrogen and oxygen atoms in total. The quantitative estimate of drug-likeness (QED) is 0.217. The van der Waals surface area contributed by atoms with E-state index < -0.39 is 40.3 Å². The molecule has 2 rings (SSSR count). The van der Waals surface area contributed by atoms with Gasteiger partial charge in [0, 0.05) is 18.3 Å². The zero-order chi connectivity index (χ0) is 17.7. The number of nitrogens with one attached hydrogen (secondary N) is 1. The van der Waals surface area contributed by atoms with Gasteiger partial charge in [0.25, 0.3) is 0 Å². The second-order valence-corrected chi connectivity index (χ2v) is 4.38. The number of rotatable bonds is 6. The minimum atomic E-state index is -1.45. The van der Waals surface area contributed by atoms with Gasteiger partial charge in [-0.3, -0.25) is 4.79 Å². The van der Waals surface area contributed by atoms with Crippen molar-refractivity contribution in [3.63, 3.8) is 0 Å². The Balaban J connectivity index is 2.39. The number of benzene rings is 1. The van der Waals surface area contributed by atoms with Crippen molar-refractivity contribution in [3.05, 3.63) is 59.3 Å². The number of anilines is 1. The van der Waals surface area contributed by atoms with Gasteiger partial charge in [-0.05, 0) is 13.0 Å². The predicted octanol–water partition coefficient (Wildman–Crippen LogP) is 2.83. The number of carbonyl (C=O) groups excluding carboxylic acids is 2. The van der Waals surface area contributed by atoms with E-state index in [9.17, 15) is 22.8 Å². The minimum absolute atomic E-state index is 0.0479. The molecule has 0 aliphatic heterocycles. The molecule has 1 heterocycles. The van der Waals surface area contributed by atoms with Crippen LogP contribution in [0.5, 0.6) is 0 Å². The molecule has 9 heteroatoms. The largest absolute Gasteiger partial charge is 0.462 e. The van der Waals surface area contributed by atoms with Crippen molar-refractivity contribution >= 4 is 17.6 Å². The summed E-state index contributed by atoms with van der Waals surface area (Å²) in [5, 5.41) is 5.97. The molecule has 1 N–H and O–H groups in total. The molecule has 0 unspecified atom stereocenters. The second-order valence-electron chi connectivity index (χ2n) is 4.38. The fourth-order valence-electron chi connectivity index (χ4n) is 1.70. The number of nitrogens with zero attached hydrogens (tertiary/aromatic N) is 1. The van der Waals surface area contributed by atoms with E-state index in [-0.39, 0.29) is 18.5 Å². The second kappa shape index (κ2) is 7.44. The lowest BCUT2D eigenvalue weighted by atomic mass is 10.0. The van der Waals surface area contributed by atoms with E-state index in [4.69, 9.17) is 4.74 Å². The van der Waals surface area contributed by atoms with Crippen molar-refractivity contribution in [2.75, 3.05) is 11.9 Å². The number of carbonyl (C=O) groups is 2. The van der Waals surface area contributed by atoms with Crippen molar-refractivity contribution in [1.82, 2.24) is 5.16 Å². The SMILES string of the molecule is CCOC(=O)C(=CNc1ccon1)C(=O)c1cc(F)c(F)cc1F. The number of ketones is 1. The summed E-state index contributed by atoms with van der Waals surface area (Å²) in [7, 11) is 0. The van der Waals surface area contributed by atoms with Gasteiger partial charge >= 0.3 is 5.97 Å². The Bertz CT molecular complexity index is 788. The van der Waals surface area contributed by atoms with Gasteiger partial charge in [-0.25, -0.2) is 18.0 Å². The molecule has 0 radical (unpaired) electrons. The van der Waals surface area contributed by atoms with Crippen LogP contribution in [0.1, 0.15) is 17.3 Å². The lowest BCUT2D eigenvalue weighted by molar-refractivity contribution is -0.138. The molecule has 0 atom stereocenters. The summed E-state index contributed by atoms with van der Waals surface area (Å²) in [6.07, 6.45) is 2.15. The minimum Gasteiger partial charge on any atom is -0.462 e. The summed E-state index contributed by atoms with van der Waals surface area (Å²) in [5.74, 6) is -6.27. The Morgan fingerprint density at radius 2 is 1.96 bits per heavy atom. The molecule has 0 saturated heterocycles. The summed E-state index contributed by atoms with van der Waals surface area (Å²) < 4.78 is 49.3. The molecular formula is C15H11F3N2O4. The fraction of sp³-hybridized carbons (Fsp3) is 0.133. The van der Waals surface area contributed by atoms with Crippen LogP contribution in [-0.4, -0.2) is 23.5 Å². The van der Waals surface area contributed by atoms with Crippen LogP contribution in [0.2, 0.25) is 0 Å². The summed E-state index contributed by atoms with van der Waals surface area (Å²) >= 11 is 0. The molecule has 2 aromatic rings. The van der Waals surface area contributed by atoms with Crippen LogP contribution >= 0.6 is 0 Å². The van der Waals surface area contributed by atoms with Crippen molar-refractivity contribution < 1.29 is 32.0 Å². The summed E-state index contributed by atoms with van der Waals surface area (Å²) in [6.45, 7) is 1.46. The number of aromatic nitrogens is 1. The van der Waals surface area contributed by atoms with E-state index in [2.05, 4.69) is 15.0 Å². The van der Waals surface area contributed by atoms with E-state index in [0.717, 1.165) is 6.20 Å². The maximum atomic E-state index is 13.7. The molecule has 1 aromatic heterocycles. The van der Waals surface area contributed by atoms with Gasteiger partial charge in [0.05, 0.1) is 12.2 Å². The molecule has 1 aromatic carbocycles. The number of Topliss-reactive ketones (excluding diaryl/α,β-unsaturated/α-hetero) is 1. The number of halogens is 3. The standard InChI is InChI=1S/C15H11F3N2O4/c1-2-23-15(22)9(7-19-13-3-4-24-20-13)14(21)8-5-11(17)12(18)6-10(8)16/h3-7H,2H2,1H3,(H,19,20). The van der Waals surface area contributed by atoms with Crippen LogP contribution in [0.3, 0.4) is 0 Å². The zero-order valence-corrected chi connectivity index (χ0v) is 12.3. The Morgan fingerprint density at radius 3 is 2.58 bits per heavy atom. The van der Waals surface area contributed by atoms with E-state index in [1.165, 1.54) is 19.3 Å². The highest BCUT2D eigenvalue weighted by atomic mass is 19.2. The molecule has 0 saturated carbocycles. The Morgan fingerprint density at radius 1 is 1.25 bits per heavy atom. The highest BCUT2D eigenvalue weighted by Gasteiger charge is 2.25. The van der Waals surface area contributed by atoms with Crippen LogP contribution in [0.15, 0.2) is 40.8 Å². The maximum Gasteiger partial charge on any atom is 0.343 e. The fourth-order valence-corrected chi connectivity index (χ4v) is 1.70. The van der Waals surface area contributed by atoms with Crippen LogP contribution < -0.4 is 5.32 Å². The number of ether oxygens (including phenoxy) is 1. The van der Waals surface area contributed by atoms with Gasteiger partial charge in [0.1, 0.15) is 17.7 Å². The third-order valence-corrected chi connectivity index (χ3v) is 2.80. The van der Waals surface area contributed by atoms with E-state index >= 15 is 0 Å². The van der Waals surface area contributed by atoms with Gasteiger partial charge in [0.15, 0.2) is 17.5 Å². The van der Waals surface area contributed by atoms with E-state index in [0.29, 0.717) is 6.07 Å². The molecule has 24 heavy (non-hydrogen) atoms.